The van der Waals surface area contributed by atoms with E-state index >= 15 is 0 Å². The molecular formula is C15H18N2O5S. The molecule has 2 rings (SSSR count). The van der Waals surface area contributed by atoms with E-state index in [0.29, 0.717) is 28.5 Å². The third-order valence-corrected chi connectivity index (χ3v) is 4.31. The first kappa shape index (κ1) is 17.0. The molecule has 1 atom stereocenters. The van der Waals surface area contributed by atoms with Crippen molar-refractivity contribution in [2.75, 3.05) is 21.3 Å². The lowest BCUT2D eigenvalue weighted by molar-refractivity contribution is 0.324. The van der Waals surface area contributed by atoms with Gasteiger partial charge in [0.05, 0.1) is 37.9 Å². The van der Waals surface area contributed by atoms with Crippen molar-refractivity contribution in [2.45, 2.75) is 17.8 Å². The van der Waals surface area contributed by atoms with E-state index in [-0.39, 0.29) is 16.5 Å². The number of methoxy groups -OCH3 is 3. The molecule has 0 bridgehead atoms. The summed E-state index contributed by atoms with van der Waals surface area (Å²) in [5.41, 5.74) is 0.898. The quantitative estimate of drug-likeness (QED) is 0.801. The third kappa shape index (κ3) is 3.89. The number of nitrogens with one attached hydrogen (secondary N) is 1. The molecule has 1 heterocycles. The van der Waals surface area contributed by atoms with Gasteiger partial charge in [0.15, 0.2) is 16.7 Å². The Hall–Kier alpha value is -2.35. The van der Waals surface area contributed by atoms with E-state index in [0.717, 1.165) is 0 Å². The molecule has 0 saturated carbocycles. The van der Waals surface area contributed by atoms with Crippen molar-refractivity contribution >= 4 is 10.8 Å². The summed E-state index contributed by atoms with van der Waals surface area (Å²) in [5.74, 6) is 1.57. The number of nitrogens with zero attached hydrogens (tertiary/aromatic N) is 1. The van der Waals surface area contributed by atoms with E-state index in [9.17, 15) is 9.00 Å². The second-order valence-electron chi connectivity index (χ2n) is 4.72. The summed E-state index contributed by atoms with van der Waals surface area (Å²) in [6.45, 7) is 1.68. The lowest BCUT2D eigenvalue weighted by Gasteiger charge is -2.14. The van der Waals surface area contributed by atoms with E-state index in [1.54, 1.807) is 19.1 Å². The SMILES string of the molecule is COc1cc(CS(=O)c2nc(C)cc(=O)[nH]2)cc(OC)c1OC. The van der Waals surface area contributed by atoms with Gasteiger partial charge in [0.25, 0.3) is 5.56 Å². The zero-order valence-corrected chi connectivity index (χ0v) is 14.2. The number of ether oxygens (including phenoxy) is 3. The van der Waals surface area contributed by atoms with Crippen LogP contribution in [0.25, 0.3) is 0 Å². The lowest BCUT2D eigenvalue weighted by atomic mass is 10.2. The highest BCUT2D eigenvalue weighted by Crippen LogP contribution is 2.38. The molecule has 0 aliphatic carbocycles. The Kier molecular flexibility index (Phi) is 5.38. The second-order valence-corrected chi connectivity index (χ2v) is 6.08. The number of hydrogen-bond acceptors (Lipinski definition) is 6. The highest BCUT2D eigenvalue weighted by atomic mass is 32.2. The fraction of sp³-hybridized carbons (Fsp3) is 0.333. The van der Waals surface area contributed by atoms with E-state index in [1.807, 2.05) is 0 Å². The van der Waals surface area contributed by atoms with Crippen LogP contribution in [0.5, 0.6) is 17.2 Å². The van der Waals surface area contributed by atoms with Gasteiger partial charge in [-0.15, -0.1) is 0 Å². The maximum Gasteiger partial charge on any atom is 0.251 e. The van der Waals surface area contributed by atoms with Gasteiger partial charge in [-0.05, 0) is 24.6 Å². The van der Waals surface area contributed by atoms with Crippen molar-refractivity contribution < 1.29 is 18.4 Å². The second kappa shape index (κ2) is 7.28. The van der Waals surface area contributed by atoms with E-state index in [4.69, 9.17) is 14.2 Å². The molecule has 8 heteroatoms. The first-order valence-corrected chi connectivity index (χ1v) is 8.05. The van der Waals surface area contributed by atoms with Crippen molar-refractivity contribution in [1.29, 1.82) is 0 Å². The molecule has 1 aromatic carbocycles. The first-order valence-electron chi connectivity index (χ1n) is 6.73. The fourth-order valence-electron chi connectivity index (χ4n) is 2.10. The number of H-pyrrole nitrogens is 1. The number of benzene rings is 1. The van der Waals surface area contributed by atoms with Crippen LogP contribution in [0.1, 0.15) is 11.3 Å². The van der Waals surface area contributed by atoms with Gasteiger partial charge in [0.1, 0.15) is 0 Å². The van der Waals surface area contributed by atoms with Crippen LogP contribution in [-0.2, 0) is 16.6 Å². The fourth-order valence-corrected chi connectivity index (χ4v) is 3.16. The van der Waals surface area contributed by atoms with Crippen LogP contribution in [-0.4, -0.2) is 35.5 Å². The Balaban J connectivity index is 2.35. The average molecular weight is 338 g/mol. The molecule has 2 aromatic rings. The molecule has 7 nitrogen and oxygen atoms in total. The van der Waals surface area contributed by atoms with Gasteiger partial charge >= 0.3 is 0 Å². The zero-order chi connectivity index (χ0) is 17.0. The average Bonchev–Trinajstić information content (AvgIpc) is 2.52. The normalized spacial score (nSPS) is 11.8. The van der Waals surface area contributed by atoms with E-state index in [2.05, 4.69) is 9.97 Å². The predicted molar refractivity (Wildman–Crippen MR) is 85.8 cm³/mol. The lowest BCUT2D eigenvalue weighted by Crippen LogP contribution is -2.13. The highest BCUT2D eigenvalue weighted by Gasteiger charge is 2.16. The summed E-state index contributed by atoms with van der Waals surface area (Å²) in [5, 5.41) is 0.142. The Bertz CT molecular complexity index is 763. The summed E-state index contributed by atoms with van der Waals surface area (Å²) in [6, 6.07) is 4.78. The molecule has 0 amide bonds. The molecule has 0 spiro atoms. The van der Waals surface area contributed by atoms with Gasteiger partial charge in [-0.1, -0.05) is 0 Å². The zero-order valence-electron chi connectivity index (χ0n) is 13.3. The number of hydrogen-bond donors (Lipinski definition) is 1. The van der Waals surface area contributed by atoms with Crippen LogP contribution < -0.4 is 19.8 Å². The monoisotopic (exact) mass is 338 g/mol. The minimum atomic E-state index is -1.50. The number of aromatic amines is 1. The van der Waals surface area contributed by atoms with E-state index < -0.39 is 10.8 Å². The molecule has 0 fully saturated rings. The van der Waals surface area contributed by atoms with Gasteiger partial charge in [0, 0.05) is 11.8 Å². The molecule has 1 unspecified atom stereocenters. The smallest absolute Gasteiger partial charge is 0.251 e. The van der Waals surface area contributed by atoms with Crippen LogP contribution >= 0.6 is 0 Å². The van der Waals surface area contributed by atoms with Crippen molar-refractivity contribution in [2.24, 2.45) is 0 Å². The summed E-state index contributed by atoms with van der Waals surface area (Å²) >= 11 is 0. The summed E-state index contributed by atoms with van der Waals surface area (Å²) in [6.07, 6.45) is 0. The molecule has 23 heavy (non-hydrogen) atoms. The molecule has 0 aliphatic rings. The number of rotatable bonds is 6. The molecular weight excluding hydrogens is 320 g/mol. The standard InChI is InChI=1S/C15H18N2O5S/c1-9-5-13(18)17-15(16-9)23(19)8-10-6-11(20-2)14(22-4)12(7-10)21-3/h5-7H,8H2,1-4H3,(H,16,17,18). The molecule has 1 aromatic heterocycles. The van der Waals surface area contributed by atoms with Gasteiger partial charge in [-0.2, -0.15) is 0 Å². The third-order valence-electron chi connectivity index (χ3n) is 3.09. The van der Waals surface area contributed by atoms with Crippen LogP contribution in [0, 0.1) is 6.92 Å². The largest absolute Gasteiger partial charge is 0.493 e. The van der Waals surface area contributed by atoms with Crippen LogP contribution in [0.4, 0.5) is 0 Å². The minimum absolute atomic E-state index is 0.142. The van der Waals surface area contributed by atoms with Gasteiger partial charge in [-0.3, -0.25) is 14.0 Å². The first-order chi connectivity index (χ1) is 11.0. The Morgan fingerprint density at radius 1 is 1.09 bits per heavy atom. The molecule has 124 valence electrons. The Labute approximate surface area is 136 Å². The van der Waals surface area contributed by atoms with Gasteiger partial charge < -0.3 is 14.2 Å². The minimum Gasteiger partial charge on any atom is -0.493 e. The predicted octanol–water partition coefficient (Wildman–Crippen LogP) is 1.41. The Morgan fingerprint density at radius 3 is 2.17 bits per heavy atom. The Morgan fingerprint density at radius 2 is 1.70 bits per heavy atom. The summed E-state index contributed by atoms with van der Waals surface area (Å²) in [4.78, 5) is 18.1. The maximum atomic E-state index is 12.4. The van der Waals surface area contributed by atoms with Gasteiger partial charge in [-0.25, -0.2) is 4.98 Å². The molecule has 0 saturated heterocycles. The highest BCUT2D eigenvalue weighted by molar-refractivity contribution is 7.84. The number of aryl methyl sites for hydroxylation is 1. The number of aromatic nitrogens is 2. The van der Waals surface area contributed by atoms with Crippen molar-refractivity contribution in [3.8, 4) is 17.2 Å². The van der Waals surface area contributed by atoms with Crippen molar-refractivity contribution in [3.05, 3.63) is 39.8 Å². The summed E-state index contributed by atoms with van der Waals surface area (Å²) in [7, 11) is 3.03. The van der Waals surface area contributed by atoms with Crippen LogP contribution in [0.3, 0.4) is 0 Å². The summed E-state index contributed by atoms with van der Waals surface area (Å²) < 4.78 is 28.2. The van der Waals surface area contributed by atoms with Crippen LogP contribution in [0.2, 0.25) is 0 Å². The topological polar surface area (TPSA) is 90.5 Å². The maximum absolute atomic E-state index is 12.4. The van der Waals surface area contributed by atoms with Crippen LogP contribution in [0.15, 0.2) is 28.2 Å². The molecule has 0 aliphatic heterocycles. The van der Waals surface area contributed by atoms with Crippen molar-refractivity contribution in [1.82, 2.24) is 9.97 Å². The van der Waals surface area contributed by atoms with Gasteiger partial charge in [0.2, 0.25) is 5.75 Å². The van der Waals surface area contributed by atoms with Crippen molar-refractivity contribution in [3.63, 3.8) is 0 Å². The molecule has 0 radical (unpaired) electrons. The molecule has 1 N–H and O–H groups in total. The van der Waals surface area contributed by atoms with E-state index in [1.165, 1.54) is 27.4 Å².